The summed E-state index contributed by atoms with van der Waals surface area (Å²) in [5.41, 5.74) is 3.73. The number of nitrogens with one attached hydrogen (secondary N) is 1. The summed E-state index contributed by atoms with van der Waals surface area (Å²) in [5.74, 6) is 0. The average molecular weight is 240 g/mol. The van der Waals surface area contributed by atoms with E-state index in [1.807, 2.05) is 20.2 Å². The Labute approximate surface area is 109 Å². The number of pyridine rings is 1. The van der Waals surface area contributed by atoms with Crippen LogP contribution in [0.3, 0.4) is 0 Å². The van der Waals surface area contributed by atoms with Crippen LogP contribution in [0, 0.1) is 6.92 Å². The number of hydrogen-bond acceptors (Lipinski definition) is 2. The first-order valence-electron chi connectivity index (χ1n) is 6.43. The molecular weight excluding hydrogens is 220 g/mol. The first-order chi connectivity index (χ1) is 8.79. The fourth-order valence-electron chi connectivity index (χ4n) is 2.12. The minimum atomic E-state index is 0.410. The zero-order valence-electron chi connectivity index (χ0n) is 11.1. The van der Waals surface area contributed by atoms with Crippen molar-refractivity contribution in [3.05, 3.63) is 65.5 Å². The van der Waals surface area contributed by atoms with Crippen LogP contribution in [0.1, 0.15) is 29.3 Å². The van der Waals surface area contributed by atoms with Crippen LogP contribution in [-0.4, -0.2) is 12.0 Å². The molecule has 1 aromatic heterocycles. The number of rotatable bonds is 5. The van der Waals surface area contributed by atoms with Gasteiger partial charge in [0.25, 0.3) is 0 Å². The first-order valence-corrected chi connectivity index (χ1v) is 6.43. The van der Waals surface area contributed by atoms with Crippen molar-refractivity contribution in [3.63, 3.8) is 0 Å². The highest BCUT2D eigenvalue weighted by Crippen LogP contribution is 2.18. The quantitative estimate of drug-likeness (QED) is 0.867. The molecule has 0 fully saturated rings. The molecule has 0 aliphatic heterocycles. The Morgan fingerprint density at radius 1 is 1.11 bits per heavy atom. The Morgan fingerprint density at radius 2 is 1.89 bits per heavy atom. The van der Waals surface area contributed by atoms with Crippen molar-refractivity contribution in [2.24, 2.45) is 0 Å². The minimum Gasteiger partial charge on any atom is -0.313 e. The highest BCUT2D eigenvalue weighted by molar-refractivity contribution is 5.20. The molecule has 18 heavy (non-hydrogen) atoms. The predicted octanol–water partition coefficient (Wildman–Crippen LogP) is 3.28. The predicted molar refractivity (Wildman–Crippen MR) is 75.5 cm³/mol. The van der Waals surface area contributed by atoms with Gasteiger partial charge in [0, 0.05) is 17.9 Å². The van der Waals surface area contributed by atoms with E-state index in [0.29, 0.717) is 6.04 Å². The number of hydrogen-bond donors (Lipinski definition) is 1. The lowest BCUT2D eigenvalue weighted by atomic mass is 10.00. The SMILES string of the molecule is CNC(CCc1ccc(C)nc1)c1ccccc1. The highest BCUT2D eigenvalue weighted by Gasteiger charge is 2.08. The molecule has 2 nitrogen and oxygen atoms in total. The van der Waals surface area contributed by atoms with Crippen molar-refractivity contribution in [2.45, 2.75) is 25.8 Å². The molecule has 1 heterocycles. The molecule has 0 amide bonds. The summed E-state index contributed by atoms with van der Waals surface area (Å²) in [6.07, 6.45) is 4.12. The maximum atomic E-state index is 4.34. The standard InChI is InChI=1S/C16H20N2/c1-13-8-9-14(12-18-13)10-11-16(17-2)15-6-4-3-5-7-15/h3-9,12,16-17H,10-11H2,1-2H3. The molecule has 94 valence electrons. The molecular formula is C16H20N2. The third-order valence-electron chi connectivity index (χ3n) is 3.24. The van der Waals surface area contributed by atoms with Crippen molar-refractivity contribution < 1.29 is 0 Å². The molecule has 2 rings (SSSR count). The lowest BCUT2D eigenvalue weighted by Gasteiger charge is -2.16. The summed E-state index contributed by atoms with van der Waals surface area (Å²) in [6, 6.07) is 15.2. The zero-order chi connectivity index (χ0) is 12.8. The molecule has 1 aromatic carbocycles. The van der Waals surface area contributed by atoms with Gasteiger partial charge in [-0.2, -0.15) is 0 Å². The Hall–Kier alpha value is -1.67. The highest BCUT2D eigenvalue weighted by atomic mass is 14.9. The molecule has 1 unspecified atom stereocenters. The maximum Gasteiger partial charge on any atom is 0.0372 e. The van der Waals surface area contributed by atoms with Gasteiger partial charge in [0.15, 0.2) is 0 Å². The van der Waals surface area contributed by atoms with Gasteiger partial charge in [-0.3, -0.25) is 4.98 Å². The average Bonchev–Trinajstić information content (AvgIpc) is 2.43. The topological polar surface area (TPSA) is 24.9 Å². The van der Waals surface area contributed by atoms with E-state index in [0.717, 1.165) is 18.5 Å². The van der Waals surface area contributed by atoms with E-state index in [1.165, 1.54) is 11.1 Å². The van der Waals surface area contributed by atoms with Gasteiger partial charge in [-0.15, -0.1) is 0 Å². The van der Waals surface area contributed by atoms with Gasteiger partial charge >= 0.3 is 0 Å². The summed E-state index contributed by atoms with van der Waals surface area (Å²) in [4.78, 5) is 4.34. The summed E-state index contributed by atoms with van der Waals surface area (Å²) < 4.78 is 0. The Kier molecular flexibility index (Phi) is 4.48. The van der Waals surface area contributed by atoms with E-state index in [1.54, 1.807) is 0 Å². The Bertz CT molecular complexity index is 462. The van der Waals surface area contributed by atoms with E-state index in [9.17, 15) is 0 Å². The zero-order valence-corrected chi connectivity index (χ0v) is 11.1. The molecule has 0 bridgehead atoms. The largest absolute Gasteiger partial charge is 0.313 e. The lowest BCUT2D eigenvalue weighted by Crippen LogP contribution is -2.17. The summed E-state index contributed by atoms with van der Waals surface area (Å²) >= 11 is 0. The van der Waals surface area contributed by atoms with Gasteiger partial charge in [0.2, 0.25) is 0 Å². The third kappa shape index (κ3) is 3.41. The second kappa shape index (κ2) is 6.31. The summed E-state index contributed by atoms with van der Waals surface area (Å²) in [7, 11) is 2.02. The summed E-state index contributed by atoms with van der Waals surface area (Å²) in [5, 5.41) is 3.38. The molecule has 0 radical (unpaired) electrons. The van der Waals surface area contributed by atoms with Gasteiger partial charge < -0.3 is 5.32 Å². The van der Waals surface area contributed by atoms with Crippen LogP contribution in [0.2, 0.25) is 0 Å². The fourth-order valence-corrected chi connectivity index (χ4v) is 2.12. The van der Waals surface area contributed by atoms with Crippen LogP contribution >= 0.6 is 0 Å². The Morgan fingerprint density at radius 3 is 2.50 bits per heavy atom. The van der Waals surface area contributed by atoms with Crippen LogP contribution in [0.4, 0.5) is 0 Å². The minimum absolute atomic E-state index is 0.410. The third-order valence-corrected chi connectivity index (χ3v) is 3.24. The van der Waals surface area contributed by atoms with Crippen molar-refractivity contribution in [1.29, 1.82) is 0 Å². The fraction of sp³-hybridized carbons (Fsp3) is 0.312. The van der Waals surface area contributed by atoms with E-state index in [-0.39, 0.29) is 0 Å². The summed E-state index contributed by atoms with van der Waals surface area (Å²) in [6.45, 7) is 2.02. The molecule has 0 saturated heterocycles. The lowest BCUT2D eigenvalue weighted by molar-refractivity contribution is 0.549. The molecule has 2 heteroatoms. The van der Waals surface area contributed by atoms with Crippen LogP contribution in [0.5, 0.6) is 0 Å². The van der Waals surface area contributed by atoms with Gasteiger partial charge in [-0.05, 0) is 44.0 Å². The van der Waals surface area contributed by atoms with Gasteiger partial charge in [0.1, 0.15) is 0 Å². The molecule has 1 N–H and O–H groups in total. The van der Waals surface area contributed by atoms with Gasteiger partial charge in [0.05, 0.1) is 0 Å². The van der Waals surface area contributed by atoms with Gasteiger partial charge in [-0.25, -0.2) is 0 Å². The number of aromatic nitrogens is 1. The van der Waals surface area contributed by atoms with Crippen molar-refractivity contribution in [1.82, 2.24) is 10.3 Å². The van der Waals surface area contributed by atoms with Crippen LogP contribution in [0.25, 0.3) is 0 Å². The number of nitrogens with zero attached hydrogens (tertiary/aromatic N) is 1. The molecule has 0 aliphatic carbocycles. The molecule has 2 aromatic rings. The first kappa shape index (κ1) is 12.8. The normalized spacial score (nSPS) is 12.3. The van der Waals surface area contributed by atoms with Crippen molar-refractivity contribution in [2.75, 3.05) is 7.05 Å². The number of aryl methyl sites for hydroxylation is 2. The second-order valence-electron chi connectivity index (χ2n) is 4.60. The van der Waals surface area contributed by atoms with Gasteiger partial charge in [-0.1, -0.05) is 36.4 Å². The second-order valence-corrected chi connectivity index (χ2v) is 4.60. The van der Waals surface area contributed by atoms with Crippen molar-refractivity contribution in [3.8, 4) is 0 Å². The van der Waals surface area contributed by atoms with E-state index < -0.39 is 0 Å². The van der Waals surface area contributed by atoms with E-state index in [2.05, 4.69) is 52.8 Å². The molecule has 1 atom stereocenters. The Balaban J connectivity index is 1.97. The smallest absolute Gasteiger partial charge is 0.0372 e. The van der Waals surface area contributed by atoms with E-state index >= 15 is 0 Å². The van der Waals surface area contributed by atoms with Crippen molar-refractivity contribution >= 4 is 0 Å². The van der Waals surface area contributed by atoms with E-state index in [4.69, 9.17) is 0 Å². The number of benzene rings is 1. The maximum absolute atomic E-state index is 4.34. The van der Waals surface area contributed by atoms with Crippen LogP contribution < -0.4 is 5.32 Å². The van der Waals surface area contributed by atoms with Crippen LogP contribution in [0.15, 0.2) is 48.7 Å². The molecule has 0 aliphatic rings. The monoisotopic (exact) mass is 240 g/mol. The molecule has 0 saturated carbocycles. The van der Waals surface area contributed by atoms with Crippen LogP contribution in [-0.2, 0) is 6.42 Å². The molecule has 0 spiro atoms.